The van der Waals surface area contributed by atoms with Crippen LogP contribution in [0, 0.1) is 12.7 Å². The summed E-state index contributed by atoms with van der Waals surface area (Å²) in [5.41, 5.74) is 2.91. The molecule has 1 atom stereocenters. The van der Waals surface area contributed by atoms with E-state index in [1.54, 1.807) is 25.1 Å². The fraction of sp³-hybridized carbons (Fsp3) is 0.261. The second kappa shape index (κ2) is 8.53. The molecule has 0 spiro atoms. The molecule has 2 N–H and O–H groups in total. The maximum Gasteiger partial charge on any atom is 0.322 e. The van der Waals surface area contributed by atoms with Gasteiger partial charge in [0, 0.05) is 25.1 Å². The van der Waals surface area contributed by atoms with Crippen molar-refractivity contribution in [2.45, 2.75) is 38.9 Å². The number of imide groups is 1. The van der Waals surface area contributed by atoms with Gasteiger partial charge in [-0.15, -0.1) is 0 Å². The van der Waals surface area contributed by atoms with Gasteiger partial charge in [0.25, 0.3) is 5.91 Å². The topological polar surface area (TPSA) is 117 Å². The lowest BCUT2D eigenvalue weighted by molar-refractivity contribution is -0.136. The van der Waals surface area contributed by atoms with E-state index in [1.165, 1.54) is 11.0 Å². The summed E-state index contributed by atoms with van der Waals surface area (Å²) in [6, 6.07) is 8.02. The smallest absolute Gasteiger partial charge is 0.322 e. The summed E-state index contributed by atoms with van der Waals surface area (Å²) in [7, 11) is 0. The molecule has 2 aliphatic heterocycles. The van der Waals surface area contributed by atoms with Gasteiger partial charge in [0.05, 0.1) is 10.6 Å². The van der Waals surface area contributed by atoms with Crippen LogP contribution in [0.5, 0.6) is 0 Å². The number of halogens is 2. The number of rotatable bonds is 5. The van der Waals surface area contributed by atoms with Gasteiger partial charge in [-0.2, -0.15) is 4.98 Å². The second-order valence-corrected chi connectivity index (χ2v) is 8.60. The Labute approximate surface area is 198 Å². The van der Waals surface area contributed by atoms with Gasteiger partial charge in [0.2, 0.25) is 17.6 Å². The van der Waals surface area contributed by atoms with Crippen molar-refractivity contribution < 1.29 is 23.3 Å². The van der Waals surface area contributed by atoms with E-state index in [0.29, 0.717) is 24.1 Å². The summed E-state index contributed by atoms with van der Waals surface area (Å²) in [5, 5.41) is 9.10. The number of nitrogens with one attached hydrogen (secondary N) is 2. The highest BCUT2D eigenvalue weighted by atomic mass is 35.5. The molecule has 3 heterocycles. The monoisotopic (exact) mass is 483 g/mol. The van der Waals surface area contributed by atoms with Gasteiger partial charge in [-0.05, 0) is 42.2 Å². The first-order valence-electron chi connectivity index (χ1n) is 10.6. The van der Waals surface area contributed by atoms with E-state index in [2.05, 4.69) is 20.8 Å². The first-order valence-corrected chi connectivity index (χ1v) is 11.0. The molecular weight excluding hydrogens is 465 g/mol. The molecule has 11 heteroatoms. The molecule has 2 aliphatic rings. The number of hydrogen-bond acceptors (Lipinski definition) is 7. The molecule has 0 radical (unpaired) electrons. The Balaban J connectivity index is 1.27. The summed E-state index contributed by atoms with van der Waals surface area (Å²) in [6.07, 6.45) is 0.516. The van der Waals surface area contributed by atoms with Crippen LogP contribution in [0.4, 0.5) is 10.4 Å². The third-order valence-corrected chi connectivity index (χ3v) is 6.44. The highest BCUT2D eigenvalue weighted by molar-refractivity contribution is 6.31. The lowest BCUT2D eigenvalue weighted by Crippen LogP contribution is -2.52. The molecule has 1 aromatic heterocycles. The first kappa shape index (κ1) is 22.0. The summed E-state index contributed by atoms with van der Waals surface area (Å²) in [6.45, 7) is 2.30. The van der Waals surface area contributed by atoms with Crippen LogP contribution in [0.2, 0.25) is 5.02 Å². The number of carbonyl (C=O) groups is 3. The normalized spacial score (nSPS) is 17.7. The van der Waals surface area contributed by atoms with Crippen molar-refractivity contribution in [3.05, 3.63) is 63.4 Å². The Hall–Kier alpha value is -3.79. The number of aryl methyl sites for hydroxylation is 1. The Kier molecular flexibility index (Phi) is 5.52. The molecule has 2 aromatic carbocycles. The number of piperidine rings is 1. The molecule has 174 valence electrons. The van der Waals surface area contributed by atoms with Crippen molar-refractivity contribution in [1.29, 1.82) is 0 Å². The minimum atomic E-state index is -0.660. The number of benzene rings is 2. The van der Waals surface area contributed by atoms with Crippen molar-refractivity contribution >= 4 is 35.3 Å². The lowest BCUT2D eigenvalue weighted by Gasteiger charge is -2.29. The largest absolute Gasteiger partial charge is 0.334 e. The standard InChI is InChI=1S/C23H19ClFN5O4/c1-11-2-4-15(19(25)18(11)24)20-28-23(34-29-20)26-9-12-3-5-14-13(8-12)10-30(22(14)33)16-6-7-17(31)27-21(16)32/h2-5,8,16H,6-7,9-10H2,1H3,(H,26,28,29)(H,27,31,32). The number of fused-ring (bicyclic) bond motifs is 1. The third kappa shape index (κ3) is 3.90. The van der Waals surface area contributed by atoms with Crippen LogP contribution in [0.15, 0.2) is 34.9 Å². The molecule has 9 nitrogen and oxygen atoms in total. The van der Waals surface area contributed by atoms with Gasteiger partial charge < -0.3 is 14.7 Å². The maximum absolute atomic E-state index is 14.4. The van der Waals surface area contributed by atoms with Gasteiger partial charge in [-0.1, -0.05) is 35.0 Å². The van der Waals surface area contributed by atoms with E-state index in [9.17, 15) is 18.8 Å². The number of hydrogen-bond donors (Lipinski definition) is 2. The van der Waals surface area contributed by atoms with Crippen LogP contribution >= 0.6 is 11.6 Å². The predicted octanol–water partition coefficient (Wildman–Crippen LogP) is 3.21. The molecule has 3 amide bonds. The van der Waals surface area contributed by atoms with Crippen LogP contribution in [0.25, 0.3) is 11.4 Å². The SMILES string of the molecule is Cc1ccc(-c2noc(NCc3ccc4c(c3)CN(C3CCC(=O)NC3=O)C4=O)n2)c(F)c1Cl. The highest BCUT2D eigenvalue weighted by Gasteiger charge is 2.39. The lowest BCUT2D eigenvalue weighted by atomic mass is 10.0. The first-order chi connectivity index (χ1) is 16.3. The van der Waals surface area contributed by atoms with Crippen molar-refractivity contribution in [1.82, 2.24) is 20.4 Å². The van der Waals surface area contributed by atoms with E-state index in [-0.39, 0.29) is 47.2 Å². The summed E-state index contributed by atoms with van der Waals surface area (Å²) in [4.78, 5) is 42.1. The van der Waals surface area contributed by atoms with Gasteiger partial charge in [0.15, 0.2) is 5.82 Å². The highest BCUT2D eigenvalue weighted by Crippen LogP contribution is 2.30. The van der Waals surface area contributed by atoms with Crippen LogP contribution in [-0.4, -0.2) is 38.8 Å². The number of anilines is 1. The predicted molar refractivity (Wildman–Crippen MR) is 119 cm³/mol. The van der Waals surface area contributed by atoms with E-state index >= 15 is 0 Å². The number of amides is 3. The number of carbonyl (C=O) groups excluding carboxylic acids is 3. The van der Waals surface area contributed by atoms with E-state index < -0.39 is 17.8 Å². The zero-order valence-corrected chi connectivity index (χ0v) is 18.8. The Morgan fingerprint density at radius 3 is 2.82 bits per heavy atom. The van der Waals surface area contributed by atoms with Crippen LogP contribution in [-0.2, 0) is 22.7 Å². The third-order valence-electron chi connectivity index (χ3n) is 5.97. The molecule has 0 aliphatic carbocycles. The fourth-order valence-electron chi connectivity index (χ4n) is 4.14. The minimum absolute atomic E-state index is 0.0100. The molecule has 34 heavy (non-hydrogen) atoms. The van der Waals surface area contributed by atoms with Crippen molar-refractivity contribution in [3.8, 4) is 11.4 Å². The Morgan fingerprint density at radius 1 is 1.24 bits per heavy atom. The van der Waals surface area contributed by atoms with E-state index in [0.717, 1.165) is 11.1 Å². The molecule has 3 aromatic rings. The Morgan fingerprint density at radius 2 is 2.03 bits per heavy atom. The molecule has 5 rings (SSSR count). The van der Waals surface area contributed by atoms with Crippen LogP contribution < -0.4 is 10.6 Å². The number of nitrogens with zero attached hydrogens (tertiary/aromatic N) is 3. The van der Waals surface area contributed by atoms with Crippen LogP contribution in [0.3, 0.4) is 0 Å². The molecule has 0 bridgehead atoms. The summed E-state index contributed by atoms with van der Waals surface area (Å²) in [5.74, 6) is -1.54. The van der Waals surface area contributed by atoms with Crippen molar-refractivity contribution in [2.24, 2.45) is 0 Å². The fourth-order valence-corrected chi connectivity index (χ4v) is 4.30. The molecule has 0 saturated carbocycles. The van der Waals surface area contributed by atoms with E-state index in [4.69, 9.17) is 16.1 Å². The average molecular weight is 484 g/mol. The molecule has 1 unspecified atom stereocenters. The quantitative estimate of drug-likeness (QED) is 0.535. The Bertz CT molecular complexity index is 1340. The molecular formula is C23H19ClFN5O4. The van der Waals surface area contributed by atoms with Gasteiger partial charge in [0.1, 0.15) is 6.04 Å². The van der Waals surface area contributed by atoms with Crippen LogP contribution in [0.1, 0.15) is 39.9 Å². The molecule has 1 fully saturated rings. The zero-order valence-electron chi connectivity index (χ0n) is 18.0. The van der Waals surface area contributed by atoms with Gasteiger partial charge in [-0.25, -0.2) is 4.39 Å². The van der Waals surface area contributed by atoms with Crippen molar-refractivity contribution in [3.63, 3.8) is 0 Å². The number of aromatic nitrogens is 2. The van der Waals surface area contributed by atoms with Crippen molar-refractivity contribution in [2.75, 3.05) is 5.32 Å². The summed E-state index contributed by atoms with van der Waals surface area (Å²) >= 11 is 5.97. The van der Waals surface area contributed by atoms with Gasteiger partial charge in [-0.3, -0.25) is 19.7 Å². The maximum atomic E-state index is 14.4. The average Bonchev–Trinajstić information content (AvgIpc) is 3.41. The molecule has 1 saturated heterocycles. The van der Waals surface area contributed by atoms with Gasteiger partial charge >= 0.3 is 6.01 Å². The van der Waals surface area contributed by atoms with E-state index in [1.807, 2.05) is 6.07 Å². The summed E-state index contributed by atoms with van der Waals surface area (Å²) < 4.78 is 19.6. The second-order valence-electron chi connectivity index (χ2n) is 8.23. The minimum Gasteiger partial charge on any atom is -0.334 e. The zero-order chi connectivity index (χ0) is 24.0.